The van der Waals surface area contributed by atoms with E-state index >= 15 is 0 Å². The number of nitrogens with zero attached hydrogens (tertiary/aromatic N) is 2. The van der Waals surface area contributed by atoms with Crippen molar-refractivity contribution in [3.63, 3.8) is 0 Å². The van der Waals surface area contributed by atoms with Crippen LogP contribution in [0.4, 0.5) is 0 Å². The molecule has 2 heterocycles. The molecule has 7 heteroatoms. The number of hydrogen-bond donors (Lipinski definition) is 1. The second-order valence-electron chi connectivity index (χ2n) is 5.00. The van der Waals surface area contributed by atoms with E-state index in [-0.39, 0.29) is 17.0 Å². The van der Waals surface area contributed by atoms with E-state index in [9.17, 15) is 8.42 Å². The van der Waals surface area contributed by atoms with Crippen LogP contribution in [0.1, 0.15) is 11.1 Å². The van der Waals surface area contributed by atoms with E-state index in [4.69, 9.17) is 9.68 Å². The Bertz CT molecular complexity index is 973. The second kappa shape index (κ2) is 6.66. The van der Waals surface area contributed by atoms with Gasteiger partial charge >= 0.3 is 0 Å². The molecule has 120 valence electrons. The highest BCUT2D eigenvalue weighted by Crippen LogP contribution is 2.18. The molecule has 0 aliphatic heterocycles. The van der Waals surface area contributed by atoms with Crippen molar-refractivity contribution in [2.75, 3.05) is 0 Å². The average molecular weight is 339 g/mol. The van der Waals surface area contributed by atoms with Crippen molar-refractivity contribution in [1.82, 2.24) is 9.71 Å². The highest BCUT2D eigenvalue weighted by Gasteiger charge is 2.17. The van der Waals surface area contributed by atoms with Gasteiger partial charge in [-0.25, -0.2) is 13.1 Å². The van der Waals surface area contributed by atoms with Crippen molar-refractivity contribution in [3.8, 4) is 17.3 Å². The van der Waals surface area contributed by atoms with E-state index in [2.05, 4.69) is 9.71 Å². The Balaban J connectivity index is 1.74. The van der Waals surface area contributed by atoms with Gasteiger partial charge in [0.1, 0.15) is 6.07 Å². The lowest BCUT2D eigenvalue weighted by atomic mass is 10.2. The number of benzene rings is 1. The minimum Gasteiger partial charge on any atom is -0.472 e. The minimum atomic E-state index is -3.77. The molecular weight excluding hydrogens is 326 g/mol. The van der Waals surface area contributed by atoms with Gasteiger partial charge in [0.15, 0.2) is 0 Å². The third kappa shape index (κ3) is 3.35. The number of hydrogen-bond acceptors (Lipinski definition) is 5. The Labute approximate surface area is 139 Å². The molecule has 1 aromatic carbocycles. The van der Waals surface area contributed by atoms with Crippen molar-refractivity contribution in [1.29, 1.82) is 5.26 Å². The van der Waals surface area contributed by atoms with Crippen LogP contribution in [0.5, 0.6) is 0 Å². The highest BCUT2D eigenvalue weighted by molar-refractivity contribution is 7.89. The monoisotopic (exact) mass is 339 g/mol. The van der Waals surface area contributed by atoms with Gasteiger partial charge in [-0.3, -0.25) is 4.98 Å². The Morgan fingerprint density at radius 1 is 1.17 bits per heavy atom. The first kappa shape index (κ1) is 15.9. The SMILES string of the molecule is N#Cc1ccccc1S(=O)(=O)NCc1ccc(-c2ccoc2)nc1. The summed E-state index contributed by atoms with van der Waals surface area (Å²) in [5.74, 6) is 0. The molecule has 3 rings (SSSR count). The molecule has 24 heavy (non-hydrogen) atoms. The predicted molar refractivity (Wildman–Crippen MR) is 87.1 cm³/mol. The van der Waals surface area contributed by atoms with Gasteiger partial charge in [-0.2, -0.15) is 5.26 Å². The summed E-state index contributed by atoms with van der Waals surface area (Å²) < 4.78 is 32.2. The molecule has 0 amide bonds. The summed E-state index contributed by atoms with van der Waals surface area (Å²) in [5.41, 5.74) is 2.41. The molecule has 0 bridgehead atoms. The molecule has 3 aromatic rings. The second-order valence-corrected chi connectivity index (χ2v) is 6.73. The van der Waals surface area contributed by atoms with Crippen molar-refractivity contribution in [2.45, 2.75) is 11.4 Å². The van der Waals surface area contributed by atoms with Gasteiger partial charge in [0.25, 0.3) is 0 Å². The van der Waals surface area contributed by atoms with E-state index in [0.29, 0.717) is 5.56 Å². The lowest BCUT2D eigenvalue weighted by Crippen LogP contribution is -2.24. The van der Waals surface area contributed by atoms with Crippen LogP contribution < -0.4 is 4.72 Å². The number of pyridine rings is 1. The maximum atomic E-state index is 12.3. The fourth-order valence-electron chi connectivity index (χ4n) is 2.16. The first-order chi connectivity index (χ1) is 11.6. The first-order valence-electron chi connectivity index (χ1n) is 7.06. The van der Waals surface area contributed by atoms with Gasteiger partial charge in [-0.15, -0.1) is 0 Å². The standard InChI is InChI=1S/C17H13N3O3S/c18-9-14-3-1-2-4-17(14)24(21,22)20-11-13-5-6-16(19-10-13)15-7-8-23-12-15/h1-8,10,12,20H,11H2. The van der Waals surface area contributed by atoms with Gasteiger partial charge < -0.3 is 4.42 Å². The quantitative estimate of drug-likeness (QED) is 0.771. The van der Waals surface area contributed by atoms with Gasteiger partial charge in [-0.1, -0.05) is 18.2 Å². The Morgan fingerprint density at radius 3 is 2.67 bits per heavy atom. The van der Waals surface area contributed by atoms with E-state index in [1.807, 2.05) is 6.07 Å². The van der Waals surface area contributed by atoms with E-state index in [1.54, 1.807) is 49.1 Å². The molecule has 1 N–H and O–H groups in total. The molecule has 0 radical (unpaired) electrons. The van der Waals surface area contributed by atoms with Gasteiger partial charge in [-0.05, 0) is 29.8 Å². The fraction of sp³-hybridized carbons (Fsp3) is 0.0588. The predicted octanol–water partition coefficient (Wildman–Crippen LogP) is 2.69. The summed E-state index contributed by atoms with van der Waals surface area (Å²) in [6.45, 7) is 0.0841. The Hall–Kier alpha value is -2.95. The number of aromatic nitrogens is 1. The maximum Gasteiger partial charge on any atom is 0.242 e. The van der Waals surface area contributed by atoms with Crippen molar-refractivity contribution < 1.29 is 12.8 Å². The van der Waals surface area contributed by atoms with Crippen LogP contribution in [-0.2, 0) is 16.6 Å². The van der Waals surface area contributed by atoms with Crippen LogP contribution in [0.2, 0.25) is 0 Å². The van der Waals surface area contributed by atoms with Crippen LogP contribution in [-0.4, -0.2) is 13.4 Å². The lowest BCUT2D eigenvalue weighted by Gasteiger charge is -2.08. The first-order valence-corrected chi connectivity index (χ1v) is 8.55. The molecule has 0 aliphatic carbocycles. The number of sulfonamides is 1. The normalized spacial score (nSPS) is 11.1. The van der Waals surface area contributed by atoms with Crippen molar-refractivity contribution in [2.24, 2.45) is 0 Å². The summed E-state index contributed by atoms with van der Waals surface area (Å²) in [6.07, 6.45) is 4.75. The van der Waals surface area contributed by atoms with Crippen LogP contribution in [0, 0.1) is 11.3 Å². The fourth-order valence-corrected chi connectivity index (χ4v) is 3.33. The molecule has 0 unspecified atom stereocenters. The van der Waals surface area contributed by atoms with Crippen molar-refractivity contribution >= 4 is 10.0 Å². The summed E-state index contributed by atoms with van der Waals surface area (Å²) in [4.78, 5) is 4.25. The maximum absolute atomic E-state index is 12.3. The number of nitriles is 1. The van der Waals surface area contributed by atoms with Crippen molar-refractivity contribution in [3.05, 3.63) is 72.3 Å². The zero-order valence-corrected chi connectivity index (χ0v) is 13.3. The zero-order valence-electron chi connectivity index (χ0n) is 12.5. The molecule has 0 fully saturated rings. The van der Waals surface area contributed by atoms with Gasteiger partial charge in [0.2, 0.25) is 10.0 Å². The van der Waals surface area contributed by atoms with Crippen LogP contribution >= 0.6 is 0 Å². The average Bonchev–Trinajstić information content (AvgIpc) is 3.15. The smallest absolute Gasteiger partial charge is 0.242 e. The topological polar surface area (TPSA) is 96.0 Å². The molecule has 0 atom stereocenters. The molecule has 0 spiro atoms. The lowest BCUT2D eigenvalue weighted by molar-refractivity contribution is 0.568. The summed E-state index contributed by atoms with van der Waals surface area (Å²) >= 11 is 0. The Morgan fingerprint density at radius 2 is 2.00 bits per heavy atom. The third-order valence-electron chi connectivity index (χ3n) is 3.41. The molecule has 0 aliphatic rings. The van der Waals surface area contributed by atoms with Crippen LogP contribution in [0.25, 0.3) is 11.3 Å². The zero-order chi connectivity index (χ0) is 17.0. The number of furan rings is 1. The molecule has 0 saturated carbocycles. The largest absolute Gasteiger partial charge is 0.472 e. The van der Waals surface area contributed by atoms with E-state index in [1.165, 1.54) is 12.1 Å². The number of rotatable bonds is 5. The molecule has 6 nitrogen and oxygen atoms in total. The van der Waals surface area contributed by atoms with Gasteiger partial charge in [0.05, 0.1) is 28.7 Å². The molecular formula is C17H13N3O3S. The highest BCUT2D eigenvalue weighted by atomic mass is 32.2. The summed E-state index contributed by atoms with van der Waals surface area (Å²) in [7, 11) is -3.77. The van der Waals surface area contributed by atoms with Crippen LogP contribution in [0.3, 0.4) is 0 Å². The third-order valence-corrected chi connectivity index (χ3v) is 4.86. The molecule has 0 saturated heterocycles. The summed E-state index contributed by atoms with van der Waals surface area (Å²) in [5, 5.41) is 9.03. The minimum absolute atomic E-state index is 0.0320. The Kier molecular flexibility index (Phi) is 4.42. The van der Waals surface area contributed by atoms with E-state index in [0.717, 1.165) is 11.3 Å². The van der Waals surface area contributed by atoms with Gasteiger partial charge in [0, 0.05) is 18.3 Å². The van der Waals surface area contributed by atoms with E-state index < -0.39 is 10.0 Å². The summed E-state index contributed by atoms with van der Waals surface area (Å²) in [6, 6.07) is 13.3. The molecule has 2 aromatic heterocycles. The van der Waals surface area contributed by atoms with Crippen LogP contribution in [0.15, 0.2) is 70.5 Å². The number of nitrogens with one attached hydrogen (secondary N) is 1.